The molecule has 0 atom stereocenters. The first-order valence-electron chi connectivity index (χ1n) is 4.25. The minimum atomic E-state index is -4.69. The molecular formula is C9H3BrClF3N2O. The van der Waals surface area contributed by atoms with Gasteiger partial charge in [-0.25, -0.2) is 4.98 Å². The summed E-state index contributed by atoms with van der Waals surface area (Å²) in [7, 11) is 0. The molecule has 17 heavy (non-hydrogen) atoms. The fourth-order valence-corrected chi connectivity index (χ4v) is 1.76. The molecule has 0 fully saturated rings. The number of alkyl halides is 3. The number of aromatic nitrogens is 2. The number of benzene rings is 1. The molecule has 0 aliphatic carbocycles. The lowest BCUT2D eigenvalue weighted by Gasteiger charge is -2.06. The van der Waals surface area contributed by atoms with Crippen LogP contribution in [-0.4, -0.2) is 9.97 Å². The molecule has 0 bridgehead atoms. The SMILES string of the molecule is O=c1[nH]c(C(F)(F)F)nc2cc(Br)c(Cl)cc12. The van der Waals surface area contributed by atoms with E-state index in [0.717, 1.165) is 0 Å². The number of hydrogen-bond donors (Lipinski definition) is 1. The van der Waals surface area contributed by atoms with Crippen LogP contribution in [0, 0.1) is 0 Å². The van der Waals surface area contributed by atoms with E-state index in [4.69, 9.17) is 11.6 Å². The highest BCUT2D eigenvalue weighted by Crippen LogP contribution is 2.29. The Balaban J connectivity index is 2.83. The van der Waals surface area contributed by atoms with Gasteiger partial charge >= 0.3 is 6.18 Å². The van der Waals surface area contributed by atoms with Gasteiger partial charge in [-0.1, -0.05) is 11.6 Å². The van der Waals surface area contributed by atoms with E-state index in [1.54, 1.807) is 4.98 Å². The Labute approximate surface area is 106 Å². The van der Waals surface area contributed by atoms with Crippen molar-refractivity contribution < 1.29 is 13.2 Å². The molecule has 1 aromatic carbocycles. The highest BCUT2D eigenvalue weighted by molar-refractivity contribution is 9.10. The van der Waals surface area contributed by atoms with Gasteiger partial charge in [-0.3, -0.25) is 4.79 Å². The van der Waals surface area contributed by atoms with E-state index in [1.807, 2.05) is 0 Å². The summed E-state index contributed by atoms with van der Waals surface area (Å²) in [5.74, 6) is -1.33. The van der Waals surface area contributed by atoms with Crippen molar-refractivity contribution in [3.05, 3.63) is 37.8 Å². The smallest absolute Gasteiger partial charge is 0.302 e. The second-order valence-electron chi connectivity index (χ2n) is 3.20. The summed E-state index contributed by atoms with van der Waals surface area (Å²) in [4.78, 5) is 16.5. The molecule has 0 unspecified atom stereocenters. The van der Waals surface area contributed by atoms with Crippen LogP contribution in [-0.2, 0) is 6.18 Å². The van der Waals surface area contributed by atoms with Crippen molar-refractivity contribution >= 4 is 38.4 Å². The zero-order valence-corrected chi connectivity index (χ0v) is 10.2. The fourth-order valence-electron chi connectivity index (χ4n) is 1.27. The molecule has 3 nitrogen and oxygen atoms in total. The number of aromatic amines is 1. The second-order valence-corrected chi connectivity index (χ2v) is 4.46. The maximum atomic E-state index is 12.4. The molecule has 0 amide bonds. The highest BCUT2D eigenvalue weighted by atomic mass is 79.9. The summed E-state index contributed by atoms with van der Waals surface area (Å²) >= 11 is 8.79. The van der Waals surface area contributed by atoms with Crippen molar-refractivity contribution in [2.45, 2.75) is 6.18 Å². The first-order valence-corrected chi connectivity index (χ1v) is 5.42. The average Bonchev–Trinajstić information content (AvgIpc) is 2.19. The molecular weight excluding hydrogens is 324 g/mol. The van der Waals surface area contributed by atoms with Gasteiger partial charge in [-0.15, -0.1) is 0 Å². The Kier molecular flexibility index (Phi) is 2.90. The zero-order valence-electron chi connectivity index (χ0n) is 7.90. The molecule has 1 heterocycles. The molecule has 0 saturated heterocycles. The Hall–Kier alpha value is -1.08. The molecule has 8 heteroatoms. The number of nitrogens with one attached hydrogen (secondary N) is 1. The molecule has 0 aliphatic heterocycles. The molecule has 2 aromatic rings. The Morgan fingerprint density at radius 3 is 2.59 bits per heavy atom. The Morgan fingerprint density at radius 2 is 2.00 bits per heavy atom. The predicted octanol–water partition coefficient (Wildman–Crippen LogP) is 3.36. The summed E-state index contributed by atoms with van der Waals surface area (Å²) in [6.45, 7) is 0. The van der Waals surface area contributed by atoms with Crippen molar-refractivity contribution in [2.75, 3.05) is 0 Å². The monoisotopic (exact) mass is 326 g/mol. The molecule has 2 rings (SSSR count). The molecule has 0 aliphatic rings. The third kappa shape index (κ3) is 2.30. The molecule has 0 saturated carbocycles. The first-order chi connectivity index (χ1) is 7.79. The van der Waals surface area contributed by atoms with Crippen LogP contribution in [0.2, 0.25) is 5.02 Å². The second kappa shape index (κ2) is 3.99. The van der Waals surface area contributed by atoms with E-state index in [0.29, 0.717) is 4.47 Å². The third-order valence-electron chi connectivity index (χ3n) is 2.02. The van der Waals surface area contributed by atoms with Crippen molar-refractivity contribution in [3.63, 3.8) is 0 Å². The molecule has 90 valence electrons. The fraction of sp³-hybridized carbons (Fsp3) is 0.111. The van der Waals surface area contributed by atoms with Gasteiger partial charge in [0.15, 0.2) is 0 Å². The lowest BCUT2D eigenvalue weighted by atomic mass is 10.2. The van der Waals surface area contributed by atoms with Crippen molar-refractivity contribution in [1.29, 1.82) is 0 Å². The van der Waals surface area contributed by atoms with Crippen molar-refractivity contribution in [2.24, 2.45) is 0 Å². The topological polar surface area (TPSA) is 45.8 Å². The van der Waals surface area contributed by atoms with Gasteiger partial charge in [0.2, 0.25) is 5.82 Å². The number of fused-ring (bicyclic) bond motifs is 1. The summed E-state index contributed by atoms with van der Waals surface area (Å²) in [6, 6.07) is 2.52. The van der Waals surface area contributed by atoms with Gasteiger partial charge in [-0.2, -0.15) is 13.2 Å². The van der Waals surface area contributed by atoms with Crippen LogP contribution in [0.5, 0.6) is 0 Å². The van der Waals surface area contributed by atoms with Gasteiger partial charge in [0.05, 0.1) is 15.9 Å². The first kappa shape index (κ1) is 12.4. The van der Waals surface area contributed by atoms with Gasteiger partial charge in [0.1, 0.15) is 0 Å². The number of rotatable bonds is 0. The number of nitrogens with zero attached hydrogens (tertiary/aromatic N) is 1. The standard InChI is InChI=1S/C9H3BrClF3N2O/c10-4-2-6-3(1-5(4)11)7(17)16-8(15-6)9(12,13)14/h1-2H,(H,15,16,17). The zero-order chi connectivity index (χ0) is 12.8. The normalized spacial score (nSPS) is 12.1. The number of H-pyrrole nitrogens is 1. The van der Waals surface area contributed by atoms with Gasteiger partial charge in [0, 0.05) is 4.47 Å². The predicted molar refractivity (Wildman–Crippen MR) is 60.1 cm³/mol. The quantitative estimate of drug-likeness (QED) is 0.806. The third-order valence-corrected chi connectivity index (χ3v) is 3.21. The van der Waals surface area contributed by atoms with Gasteiger partial charge < -0.3 is 4.98 Å². The van der Waals surface area contributed by atoms with Crippen LogP contribution >= 0.6 is 27.5 Å². The van der Waals surface area contributed by atoms with E-state index < -0.39 is 17.6 Å². The van der Waals surface area contributed by atoms with Crippen LogP contribution in [0.15, 0.2) is 21.4 Å². The minimum Gasteiger partial charge on any atom is -0.302 e. The average molecular weight is 327 g/mol. The highest BCUT2D eigenvalue weighted by Gasteiger charge is 2.34. The van der Waals surface area contributed by atoms with E-state index >= 15 is 0 Å². The van der Waals surface area contributed by atoms with E-state index in [1.165, 1.54) is 12.1 Å². The van der Waals surface area contributed by atoms with Crippen LogP contribution in [0.3, 0.4) is 0 Å². The van der Waals surface area contributed by atoms with Gasteiger partial charge in [0.25, 0.3) is 5.56 Å². The Bertz CT molecular complexity index is 653. The summed E-state index contributed by atoms with van der Waals surface area (Å²) in [5, 5.41) is 0.232. The van der Waals surface area contributed by atoms with Crippen LogP contribution in [0.1, 0.15) is 5.82 Å². The van der Waals surface area contributed by atoms with Crippen LogP contribution < -0.4 is 5.56 Å². The summed E-state index contributed by atoms with van der Waals surface area (Å²) in [5.41, 5.74) is -0.950. The minimum absolute atomic E-state index is 0.00574. The lowest BCUT2D eigenvalue weighted by molar-refractivity contribution is -0.144. The molecule has 0 radical (unpaired) electrons. The van der Waals surface area contributed by atoms with Crippen LogP contribution in [0.4, 0.5) is 13.2 Å². The summed E-state index contributed by atoms with van der Waals surface area (Å²) < 4.78 is 37.6. The largest absolute Gasteiger partial charge is 0.449 e. The summed E-state index contributed by atoms with van der Waals surface area (Å²) in [6.07, 6.45) is -4.69. The van der Waals surface area contributed by atoms with E-state index in [9.17, 15) is 18.0 Å². The van der Waals surface area contributed by atoms with E-state index in [-0.39, 0.29) is 15.9 Å². The lowest BCUT2D eigenvalue weighted by Crippen LogP contribution is -2.19. The van der Waals surface area contributed by atoms with Crippen LogP contribution in [0.25, 0.3) is 10.9 Å². The molecule has 1 N–H and O–H groups in total. The number of halogens is 5. The van der Waals surface area contributed by atoms with Gasteiger partial charge in [-0.05, 0) is 28.1 Å². The maximum absolute atomic E-state index is 12.4. The number of hydrogen-bond acceptors (Lipinski definition) is 2. The Morgan fingerprint density at radius 1 is 1.35 bits per heavy atom. The van der Waals surface area contributed by atoms with Crippen molar-refractivity contribution in [1.82, 2.24) is 9.97 Å². The van der Waals surface area contributed by atoms with E-state index in [2.05, 4.69) is 20.9 Å². The maximum Gasteiger partial charge on any atom is 0.449 e. The van der Waals surface area contributed by atoms with Crippen molar-refractivity contribution in [3.8, 4) is 0 Å². The molecule has 1 aromatic heterocycles. The molecule has 0 spiro atoms.